The summed E-state index contributed by atoms with van der Waals surface area (Å²) in [7, 11) is -3.36. The van der Waals surface area contributed by atoms with Gasteiger partial charge in [0.05, 0.1) is 4.90 Å². The Bertz CT molecular complexity index is 568. The van der Waals surface area contributed by atoms with Gasteiger partial charge in [0.2, 0.25) is 10.0 Å². The Morgan fingerprint density at radius 1 is 1.29 bits per heavy atom. The fraction of sp³-hybridized carbons (Fsp3) is 0.625. The van der Waals surface area contributed by atoms with Gasteiger partial charge in [-0.15, -0.1) is 0 Å². The molecule has 118 valence electrons. The number of hydrogen-bond donors (Lipinski definition) is 1. The van der Waals surface area contributed by atoms with Gasteiger partial charge in [-0.2, -0.15) is 4.31 Å². The van der Waals surface area contributed by atoms with Gasteiger partial charge in [-0.1, -0.05) is 26.0 Å². The third-order valence-corrected chi connectivity index (χ3v) is 6.22. The van der Waals surface area contributed by atoms with Crippen LogP contribution in [-0.2, 0) is 10.0 Å². The zero-order valence-electron chi connectivity index (χ0n) is 13.3. The van der Waals surface area contributed by atoms with Crippen LogP contribution in [0.1, 0.15) is 45.7 Å². The van der Waals surface area contributed by atoms with E-state index in [0.717, 1.165) is 18.5 Å². The quantitative estimate of drug-likeness (QED) is 0.910. The second kappa shape index (κ2) is 6.46. The number of hydrogen-bond acceptors (Lipinski definition) is 3. The van der Waals surface area contributed by atoms with Gasteiger partial charge in [-0.25, -0.2) is 8.42 Å². The predicted molar refractivity (Wildman–Crippen MR) is 85.7 cm³/mol. The average molecular weight is 310 g/mol. The smallest absolute Gasteiger partial charge is 0.243 e. The first-order valence-electron chi connectivity index (χ1n) is 7.71. The highest BCUT2D eigenvalue weighted by Crippen LogP contribution is 2.29. The van der Waals surface area contributed by atoms with Crippen LogP contribution in [0.25, 0.3) is 0 Å². The number of nitrogens with one attached hydrogen (secondary N) is 1. The monoisotopic (exact) mass is 310 g/mol. The fourth-order valence-electron chi connectivity index (χ4n) is 3.08. The molecule has 0 radical (unpaired) electrons. The summed E-state index contributed by atoms with van der Waals surface area (Å²) in [5.41, 5.74) is 1.11. The second-order valence-corrected chi connectivity index (χ2v) is 8.00. The molecule has 1 aliphatic rings. The van der Waals surface area contributed by atoms with Crippen LogP contribution in [0.2, 0.25) is 0 Å². The Morgan fingerprint density at radius 2 is 1.90 bits per heavy atom. The standard InChI is InChI=1S/C16H26N2O2S/c1-5-17-14(4)15-6-8-16(9-7-15)21(19,20)18-11-12(2)10-13(18)3/h6-9,12-14,17H,5,10-11H2,1-4H3. The largest absolute Gasteiger partial charge is 0.310 e. The lowest BCUT2D eigenvalue weighted by atomic mass is 10.1. The van der Waals surface area contributed by atoms with E-state index >= 15 is 0 Å². The molecule has 3 unspecified atom stereocenters. The first kappa shape index (κ1) is 16.5. The van der Waals surface area contributed by atoms with Crippen LogP contribution in [0, 0.1) is 5.92 Å². The van der Waals surface area contributed by atoms with E-state index in [0.29, 0.717) is 17.4 Å². The lowest BCUT2D eigenvalue weighted by molar-refractivity contribution is 0.405. The van der Waals surface area contributed by atoms with E-state index in [4.69, 9.17) is 0 Å². The molecule has 0 aliphatic carbocycles. The third kappa shape index (κ3) is 3.47. The number of benzene rings is 1. The SMILES string of the molecule is CCNC(C)c1ccc(S(=O)(=O)N2CC(C)CC2C)cc1. The molecular formula is C16H26N2O2S. The van der Waals surface area contributed by atoms with Crippen LogP contribution >= 0.6 is 0 Å². The van der Waals surface area contributed by atoms with Crippen molar-refractivity contribution in [2.24, 2.45) is 5.92 Å². The van der Waals surface area contributed by atoms with Crippen molar-refractivity contribution in [3.05, 3.63) is 29.8 Å². The summed E-state index contributed by atoms with van der Waals surface area (Å²) in [5.74, 6) is 0.433. The molecule has 2 rings (SSSR count). The first-order chi connectivity index (χ1) is 9.86. The van der Waals surface area contributed by atoms with Crippen molar-refractivity contribution in [2.75, 3.05) is 13.1 Å². The van der Waals surface area contributed by atoms with Crippen LogP contribution in [0.5, 0.6) is 0 Å². The third-order valence-electron chi connectivity index (χ3n) is 4.22. The zero-order chi connectivity index (χ0) is 15.6. The maximum atomic E-state index is 12.7. The Balaban J connectivity index is 2.21. The van der Waals surface area contributed by atoms with E-state index < -0.39 is 10.0 Å². The van der Waals surface area contributed by atoms with E-state index in [9.17, 15) is 8.42 Å². The lowest BCUT2D eigenvalue weighted by Crippen LogP contribution is -2.34. The average Bonchev–Trinajstić information content (AvgIpc) is 2.79. The fourth-order valence-corrected chi connectivity index (χ4v) is 4.85. The van der Waals surface area contributed by atoms with Crippen molar-refractivity contribution in [3.63, 3.8) is 0 Å². The van der Waals surface area contributed by atoms with E-state index in [1.54, 1.807) is 16.4 Å². The molecule has 0 aromatic heterocycles. The van der Waals surface area contributed by atoms with Crippen LogP contribution < -0.4 is 5.32 Å². The Kier molecular flexibility index (Phi) is 5.07. The van der Waals surface area contributed by atoms with Gasteiger partial charge in [0, 0.05) is 18.6 Å². The normalized spacial score (nSPS) is 25.1. The van der Waals surface area contributed by atoms with Crippen molar-refractivity contribution >= 4 is 10.0 Å². The van der Waals surface area contributed by atoms with Crippen molar-refractivity contribution in [1.29, 1.82) is 0 Å². The van der Waals surface area contributed by atoms with Gasteiger partial charge in [-0.3, -0.25) is 0 Å². The molecule has 0 amide bonds. The van der Waals surface area contributed by atoms with Crippen LogP contribution in [0.15, 0.2) is 29.2 Å². The highest BCUT2D eigenvalue weighted by Gasteiger charge is 2.35. The first-order valence-corrected chi connectivity index (χ1v) is 9.15. The molecule has 0 spiro atoms. The highest BCUT2D eigenvalue weighted by atomic mass is 32.2. The van der Waals surface area contributed by atoms with Crippen molar-refractivity contribution in [1.82, 2.24) is 9.62 Å². The van der Waals surface area contributed by atoms with E-state index in [1.807, 2.05) is 19.1 Å². The summed E-state index contributed by atoms with van der Waals surface area (Å²) >= 11 is 0. The molecule has 21 heavy (non-hydrogen) atoms. The molecule has 5 heteroatoms. The van der Waals surface area contributed by atoms with Crippen molar-refractivity contribution in [3.8, 4) is 0 Å². The molecule has 1 saturated heterocycles. The van der Waals surface area contributed by atoms with Gasteiger partial charge in [0.1, 0.15) is 0 Å². The van der Waals surface area contributed by atoms with E-state index in [1.165, 1.54) is 0 Å². The molecule has 0 bridgehead atoms. The van der Waals surface area contributed by atoms with Crippen LogP contribution in [0.3, 0.4) is 0 Å². The summed E-state index contributed by atoms with van der Waals surface area (Å²) in [4.78, 5) is 0.399. The molecule has 1 aliphatic heterocycles. The molecule has 1 N–H and O–H groups in total. The molecule has 0 saturated carbocycles. The zero-order valence-corrected chi connectivity index (χ0v) is 14.2. The Hall–Kier alpha value is -0.910. The molecule has 1 aromatic rings. The molecule has 4 nitrogen and oxygen atoms in total. The van der Waals surface area contributed by atoms with Gasteiger partial charge in [0.25, 0.3) is 0 Å². The van der Waals surface area contributed by atoms with Crippen molar-refractivity contribution < 1.29 is 8.42 Å². The summed E-state index contributed by atoms with van der Waals surface area (Å²) in [6, 6.07) is 7.60. The van der Waals surface area contributed by atoms with Crippen LogP contribution in [-0.4, -0.2) is 31.9 Å². The Labute approximate surface area is 128 Å². The van der Waals surface area contributed by atoms with Gasteiger partial charge >= 0.3 is 0 Å². The maximum Gasteiger partial charge on any atom is 0.243 e. The molecule has 1 heterocycles. The Morgan fingerprint density at radius 3 is 2.38 bits per heavy atom. The van der Waals surface area contributed by atoms with Gasteiger partial charge in [0.15, 0.2) is 0 Å². The molecule has 1 aromatic carbocycles. The summed E-state index contributed by atoms with van der Waals surface area (Å²) < 4.78 is 27.1. The number of nitrogens with zero attached hydrogens (tertiary/aromatic N) is 1. The van der Waals surface area contributed by atoms with Crippen LogP contribution in [0.4, 0.5) is 0 Å². The number of sulfonamides is 1. The lowest BCUT2D eigenvalue weighted by Gasteiger charge is -2.21. The minimum Gasteiger partial charge on any atom is -0.310 e. The molecule has 3 atom stereocenters. The summed E-state index contributed by atoms with van der Waals surface area (Å²) in [6.45, 7) is 9.75. The topological polar surface area (TPSA) is 49.4 Å². The van der Waals surface area contributed by atoms with Crippen molar-refractivity contribution in [2.45, 2.75) is 51.1 Å². The molecular weight excluding hydrogens is 284 g/mol. The van der Waals surface area contributed by atoms with Gasteiger partial charge < -0.3 is 5.32 Å². The number of rotatable bonds is 5. The minimum absolute atomic E-state index is 0.0883. The second-order valence-electron chi connectivity index (χ2n) is 6.11. The summed E-state index contributed by atoms with van der Waals surface area (Å²) in [6.07, 6.45) is 0.939. The predicted octanol–water partition coefficient (Wildman–Crippen LogP) is 2.78. The highest BCUT2D eigenvalue weighted by molar-refractivity contribution is 7.89. The maximum absolute atomic E-state index is 12.7. The minimum atomic E-state index is -3.36. The van der Waals surface area contributed by atoms with Gasteiger partial charge in [-0.05, 0) is 50.4 Å². The molecule has 1 fully saturated rings. The summed E-state index contributed by atoms with van der Waals surface area (Å²) in [5, 5.41) is 3.33. The van der Waals surface area contributed by atoms with E-state index in [-0.39, 0.29) is 12.1 Å². The van der Waals surface area contributed by atoms with E-state index in [2.05, 4.69) is 26.1 Å².